The second-order valence-corrected chi connectivity index (χ2v) is 3.57. The van der Waals surface area contributed by atoms with Gasteiger partial charge in [-0.2, -0.15) is 0 Å². The molecular formula is C10H14N2O6. The average molecular weight is 258 g/mol. The topological polar surface area (TPSA) is 128 Å². The van der Waals surface area contributed by atoms with Gasteiger partial charge in [0.15, 0.2) is 0 Å². The van der Waals surface area contributed by atoms with E-state index in [4.69, 9.17) is 20.3 Å². The number of carbonyl (C=O) groups is 3. The quantitative estimate of drug-likeness (QED) is 0.543. The molecule has 1 aliphatic rings. The molecule has 1 aliphatic heterocycles. The SMILES string of the molecule is NC(=O)CC[C@@H](NC(=O)C1=COCCO1)C(=O)O. The van der Waals surface area contributed by atoms with Crippen LogP contribution in [0.25, 0.3) is 0 Å². The maximum absolute atomic E-state index is 11.6. The lowest BCUT2D eigenvalue weighted by Gasteiger charge is -2.18. The molecule has 1 atom stereocenters. The zero-order valence-corrected chi connectivity index (χ0v) is 9.55. The zero-order valence-electron chi connectivity index (χ0n) is 9.55. The van der Waals surface area contributed by atoms with Crippen molar-refractivity contribution in [1.82, 2.24) is 5.32 Å². The number of rotatable bonds is 6. The van der Waals surface area contributed by atoms with E-state index in [9.17, 15) is 14.4 Å². The number of amides is 2. The molecule has 4 N–H and O–H groups in total. The van der Waals surface area contributed by atoms with Crippen molar-refractivity contribution in [2.24, 2.45) is 5.73 Å². The van der Waals surface area contributed by atoms with Crippen molar-refractivity contribution in [3.05, 3.63) is 12.0 Å². The summed E-state index contributed by atoms with van der Waals surface area (Å²) in [6.45, 7) is 0.555. The fourth-order valence-corrected chi connectivity index (χ4v) is 1.26. The lowest BCUT2D eigenvalue weighted by molar-refractivity contribution is -0.142. The molecule has 0 bridgehead atoms. The van der Waals surface area contributed by atoms with Gasteiger partial charge in [-0.1, -0.05) is 0 Å². The van der Waals surface area contributed by atoms with E-state index in [1.165, 1.54) is 0 Å². The first-order valence-corrected chi connectivity index (χ1v) is 5.27. The van der Waals surface area contributed by atoms with Crippen molar-refractivity contribution >= 4 is 17.8 Å². The Hall–Kier alpha value is -2.25. The third kappa shape index (κ3) is 4.32. The Morgan fingerprint density at radius 3 is 2.67 bits per heavy atom. The summed E-state index contributed by atoms with van der Waals surface area (Å²) in [5, 5.41) is 11.1. The Labute approximate surface area is 103 Å². The molecule has 0 fully saturated rings. The van der Waals surface area contributed by atoms with Crippen LogP contribution in [0.1, 0.15) is 12.8 Å². The second kappa shape index (κ2) is 6.48. The number of carboxylic acids is 1. The number of nitrogens with one attached hydrogen (secondary N) is 1. The van der Waals surface area contributed by atoms with E-state index in [2.05, 4.69) is 5.32 Å². The summed E-state index contributed by atoms with van der Waals surface area (Å²) in [4.78, 5) is 33.0. The summed E-state index contributed by atoms with van der Waals surface area (Å²) in [6.07, 6.45) is 0.907. The first-order chi connectivity index (χ1) is 8.50. The molecule has 1 heterocycles. The van der Waals surface area contributed by atoms with Crippen LogP contribution in [0.3, 0.4) is 0 Å². The molecule has 0 radical (unpaired) electrons. The molecule has 8 nitrogen and oxygen atoms in total. The van der Waals surface area contributed by atoms with Gasteiger partial charge in [0.2, 0.25) is 11.7 Å². The molecule has 1 rings (SSSR count). The third-order valence-corrected chi connectivity index (χ3v) is 2.16. The van der Waals surface area contributed by atoms with Crippen LogP contribution in [0.15, 0.2) is 12.0 Å². The lowest BCUT2D eigenvalue weighted by atomic mass is 10.1. The molecular weight excluding hydrogens is 244 g/mol. The Morgan fingerprint density at radius 2 is 2.17 bits per heavy atom. The standard InChI is InChI=1S/C10H14N2O6/c11-8(13)2-1-6(10(15)16)12-9(14)7-5-17-3-4-18-7/h5-6H,1-4H2,(H2,11,13)(H,12,14)(H,15,16)/t6-/m1/s1. The predicted molar refractivity (Wildman–Crippen MR) is 58.0 cm³/mol. The highest BCUT2D eigenvalue weighted by Crippen LogP contribution is 2.06. The highest BCUT2D eigenvalue weighted by molar-refractivity contribution is 5.94. The van der Waals surface area contributed by atoms with Crippen molar-refractivity contribution in [1.29, 1.82) is 0 Å². The number of primary amides is 1. The van der Waals surface area contributed by atoms with Gasteiger partial charge < -0.3 is 25.6 Å². The fraction of sp³-hybridized carbons (Fsp3) is 0.500. The number of carbonyl (C=O) groups excluding carboxylic acids is 2. The van der Waals surface area contributed by atoms with E-state index in [0.717, 1.165) is 6.26 Å². The van der Waals surface area contributed by atoms with E-state index in [0.29, 0.717) is 6.61 Å². The summed E-state index contributed by atoms with van der Waals surface area (Å²) in [7, 11) is 0. The summed E-state index contributed by atoms with van der Waals surface area (Å²) < 4.78 is 9.86. The summed E-state index contributed by atoms with van der Waals surface area (Å²) in [5.74, 6) is -2.67. The maximum Gasteiger partial charge on any atom is 0.326 e. The predicted octanol–water partition coefficient (Wildman–Crippen LogP) is -1.29. The van der Waals surface area contributed by atoms with Crippen molar-refractivity contribution in [2.75, 3.05) is 13.2 Å². The van der Waals surface area contributed by atoms with Crippen LogP contribution in [0.5, 0.6) is 0 Å². The molecule has 18 heavy (non-hydrogen) atoms. The van der Waals surface area contributed by atoms with Gasteiger partial charge in [0.05, 0.1) is 0 Å². The van der Waals surface area contributed by atoms with Crippen LogP contribution in [0.2, 0.25) is 0 Å². The average Bonchev–Trinajstić information content (AvgIpc) is 2.34. The number of nitrogens with two attached hydrogens (primary N) is 1. The number of hydrogen-bond donors (Lipinski definition) is 3. The third-order valence-electron chi connectivity index (χ3n) is 2.16. The molecule has 0 aliphatic carbocycles. The van der Waals surface area contributed by atoms with Gasteiger partial charge in [-0.05, 0) is 6.42 Å². The van der Waals surface area contributed by atoms with E-state index >= 15 is 0 Å². The summed E-state index contributed by atoms with van der Waals surface area (Å²) >= 11 is 0. The van der Waals surface area contributed by atoms with Crippen LogP contribution in [0.4, 0.5) is 0 Å². The number of carboxylic acid groups (broad SMARTS) is 1. The second-order valence-electron chi connectivity index (χ2n) is 3.57. The number of hydrogen-bond acceptors (Lipinski definition) is 5. The maximum atomic E-state index is 11.6. The molecule has 0 aromatic rings. The van der Waals surface area contributed by atoms with Crippen molar-refractivity contribution in [2.45, 2.75) is 18.9 Å². The van der Waals surface area contributed by atoms with Crippen molar-refractivity contribution < 1.29 is 29.0 Å². The van der Waals surface area contributed by atoms with Crippen LogP contribution in [-0.4, -0.2) is 42.1 Å². The van der Waals surface area contributed by atoms with Crippen LogP contribution in [0, 0.1) is 0 Å². The van der Waals surface area contributed by atoms with E-state index in [1.54, 1.807) is 0 Å². The molecule has 0 aromatic heterocycles. The van der Waals surface area contributed by atoms with Gasteiger partial charge in [0, 0.05) is 6.42 Å². The summed E-state index contributed by atoms with van der Waals surface area (Å²) in [6, 6.07) is -1.20. The molecule has 0 unspecified atom stereocenters. The first kappa shape index (κ1) is 13.8. The highest BCUT2D eigenvalue weighted by Gasteiger charge is 2.24. The van der Waals surface area contributed by atoms with E-state index < -0.39 is 23.8 Å². The van der Waals surface area contributed by atoms with Gasteiger partial charge in [-0.3, -0.25) is 9.59 Å². The Balaban J connectivity index is 2.54. The minimum atomic E-state index is -1.25. The van der Waals surface area contributed by atoms with Crippen LogP contribution < -0.4 is 11.1 Å². The Morgan fingerprint density at radius 1 is 1.44 bits per heavy atom. The minimum absolute atomic E-state index is 0.0788. The van der Waals surface area contributed by atoms with Gasteiger partial charge >= 0.3 is 5.97 Å². The smallest absolute Gasteiger partial charge is 0.326 e. The number of aliphatic carboxylic acids is 1. The molecule has 0 spiro atoms. The van der Waals surface area contributed by atoms with Gasteiger partial charge in [0.25, 0.3) is 5.91 Å². The van der Waals surface area contributed by atoms with Crippen molar-refractivity contribution in [3.63, 3.8) is 0 Å². The van der Waals surface area contributed by atoms with Crippen LogP contribution in [-0.2, 0) is 23.9 Å². The van der Waals surface area contributed by atoms with Gasteiger partial charge in [-0.25, -0.2) is 4.79 Å². The molecule has 8 heteroatoms. The van der Waals surface area contributed by atoms with Crippen molar-refractivity contribution in [3.8, 4) is 0 Å². The molecule has 2 amide bonds. The molecule has 0 aromatic carbocycles. The largest absolute Gasteiger partial charge is 0.494 e. The molecule has 100 valence electrons. The molecule has 0 saturated heterocycles. The zero-order chi connectivity index (χ0) is 13.5. The van der Waals surface area contributed by atoms with Gasteiger partial charge in [0.1, 0.15) is 25.5 Å². The van der Waals surface area contributed by atoms with Crippen LogP contribution >= 0.6 is 0 Å². The lowest BCUT2D eigenvalue weighted by Crippen LogP contribution is -2.42. The Bertz CT molecular complexity index is 379. The van der Waals surface area contributed by atoms with E-state index in [-0.39, 0.29) is 25.2 Å². The first-order valence-electron chi connectivity index (χ1n) is 5.27. The minimum Gasteiger partial charge on any atom is -0.494 e. The highest BCUT2D eigenvalue weighted by atomic mass is 16.6. The monoisotopic (exact) mass is 258 g/mol. The molecule has 0 saturated carbocycles. The van der Waals surface area contributed by atoms with Gasteiger partial charge in [-0.15, -0.1) is 0 Å². The van der Waals surface area contributed by atoms with E-state index in [1.807, 2.05) is 0 Å². The summed E-state index contributed by atoms with van der Waals surface area (Å²) in [5.41, 5.74) is 4.91. The Kier molecular flexibility index (Phi) is 4.97. The fourth-order valence-electron chi connectivity index (χ4n) is 1.26. The normalized spacial score (nSPS) is 15.7. The number of ether oxygens (including phenoxy) is 2.